The molecular formula is C29H31N5O3S2. The number of hydrogen-bond donors (Lipinski definition) is 2. The third-order valence-electron chi connectivity index (χ3n) is 6.50. The summed E-state index contributed by atoms with van der Waals surface area (Å²) in [7, 11) is 0. The lowest BCUT2D eigenvalue weighted by Gasteiger charge is -2.13. The van der Waals surface area contributed by atoms with Gasteiger partial charge in [0, 0.05) is 18.0 Å². The van der Waals surface area contributed by atoms with Crippen LogP contribution >= 0.6 is 23.1 Å². The number of aryl methyl sites for hydroxylation is 1. The van der Waals surface area contributed by atoms with Crippen LogP contribution in [0.3, 0.4) is 0 Å². The summed E-state index contributed by atoms with van der Waals surface area (Å²) in [5.74, 6) is 1.30. The van der Waals surface area contributed by atoms with Gasteiger partial charge in [-0.25, -0.2) is 0 Å². The average Bonchev–Trinajstić information content (AvgIpc) is 3.55. The number of hydrogen-bond acceptors (Lipinski definition) is 7. The van der Waals surface area contributed by atoms with Crippen LogP contribution in [-0.4, -0.2) is 32.3 Å². The summed E-state index contributed by atoms with van der Waals surface area (Å²) < 4.78 is 7.78. The Balaban J connectivity index is 1.23. The first-order valence-corrected chi connectivity index (χ1v) is 14.9. The van der Waals surface area contributed by atoms with E-state index in [4.69, 9.17) is 4.74 Å². The van der Waals surface area contributed by atoms with E-state index >= 15 is 0 Å². The number of thiophene rings is 1. The minimum Gasteiger partial charge on any atom is -0.486 e. The van der Waals surface area contributed by atoms with Crippen molar-refractivity contribution in [3.05, 3.63) is 88.1 Å². The van der Waals surface area contributed by atoms with Crippen molar-refractivity contribution in [3.63, 3.8) is 0 Å². The lowest BCUT2D eigenvalue weighted by Crippen LogP contribution is -2.25. The molecule has 8 nitrogen and oxygen atoms in total. The Bertz CT molecular complexity index is 1420. The highest BCUT2D eigenvalue weighted by atomic mass is 32.2. The average molecular weight is 562 g/mol. The van der Waals surface area contributed by atoms with Crippen LogP contribution in [-0.2, 0) is 37.3 Å². The van der Waals surface area contributed by atoms with Gasteiger partial charge in [0.05, 0.1) is 11.3 Å². The zero-order valence-electron chi connectivity index (χ0n) is 21.8. The molecule has 39 heavy (non-hydrogen) atoms. The molecule has 1 aliphatic rings. The molecule has 2 amide bonds. The number of nitrogens with one attached hydrogen (secondary N) is 2. The molecule has 0 saturated carbocycles. The predicted molar refractivity (Wildman–Crippen MR) is 154 cm³/mol. The summed E-state index contributed by atoms with van der Waals surface area (Å²) in [4.78, 5) is 27.5. The number of fused-ring (bicyclic) bond motifs is 1. The van der Waals surface area contributed by atoms with Crippen molar-refractivity contribution in [2.24, 2.45) is 0 Å². The predicted octanol–water partition coefficient (Wildman–Crippen LogP) is 5.48. The topological polar surface area (TPSA) is 98.1 Å². The van der Waals surface area contributed by atoms with E-state index in [0.717, 1.165) is 42.6 Å². The monoisotopic (exact) mass is 561 g/mol. The van der Waals surface area contributed by atoms with Gasteiger partial charge in [0.1, 0.15) is 17.4 Å². The molecule has 2 heterocycles. The maximum Gasteiger partial charge on any atom is 0.254 e. The first-order valence-electron chi connectivity index (χ1n) is 13.1. The lowest BCUT2D eigenvalue weighted by molar-refractivity contribution is -0.113. The molecule has 0 aliphatic heterocycles. The van der Waals surface area contributed by atoms with Gasteiger partial charge in [-0.15, -0.1) is 21.5 Å². The van der Waals surface area contributed by atoms with Crippen LogP contribution in [0.15, 0.2) is 65.8 Å². The fraction of sp³-hybridized carbons (Fsp3) is 0.310. The fourth-order valence-electron chi connectivity index (χ4n) is 4.57. The largest absolute Gasteiger partial charge is 0.486 e. The Hall–Kier alpha value is -3.63. The highest BCUT2D eigenvalue weighted by molar-refractivity contribution is 7.99. The first-order chi connectivity index (χ1) is 19.1. The Labute approximate surface area is 236 Å². The zero-order chi connectivity index (χ0) is 27.0. The van der Waals surface area contributed by atoms with E-state index in [1.54, 1.807) is 0 Å². The van der Waals surface area contributed by atoms with Gasteiger partial charge in [-0.3, -0.25) is 9.59 Å². The second-order valence-corrected chi connectivity index (χ2v) is 11.2. The van der Waals surface area contributed by atoms with Crippen LogP contribution in [0, 0.1) is 0 Å². The molecule has 1 aliphatic carbocycles. The molecule has 0 atom stereocenters. The Morgan fingerprint density at radius 2 is 1.77 bits per heavy atom. The minimum atomic E-state index is -0.177. The van der Waals surface area contributed by atoms with E-state index in [1.165, 1.54) is 28.0 Å². The van der Waals surface area contributed by atoms with Crippen molar-refractivity contribution in [2.45, 2.75) is 57.5 Å². The number of carbonyl (C=O) groups excluding carboxylic acids is 2. The van der Waals surface area contributed by atoms with Crippen molar-refractivity contribution in [2.75, 3.05) is 11.1 Å². The van der Waals surface area contributed by atoms with Crippen LogP contribution in [0.25, 0.3) is 0 Å². The molecule has 0 spiro atoms. The molecule has 10 heteroatoms. The number of para-hydroxylation sites is 1. The molecule has 0 fully saturated rings. The SMILES string of the molecule is CCn1c(COc2ccccc2)nnc1SCC(=O)Nc1sc2c(c1C(=O)NCc1ccccc1)CCCC2. The summed E-state index contributed by atoms with van der Waals surface area (Å²) in [5, 5.41) is 15.9. The van der Waals surface area contributed by atoms with E-state index in [0.29, 0.717) is 41.2 Å². The third kappa shape index (κ3) is 6.69. The summed E-state index contributed by atoms with van der Waals surface area (Å²) in [6.07, 6.45) is 3.95. The van der Waals surface area contributed by atoms with Gasteiger partial charge in [-0.1, -0.05) is 60.3 Å². The van der Waals surface area contributed by atoms with Gasteiger partial charge in [0.25, 0.3) is 5.91 Å². The number of aromatic nitrogens is 3. The smallest absolute Gasteiger partial charge is 0.254 e. The highest BCUT2D eigenvalue weighted by Gasteiger charge is 2.26. The molecular weight excluding hydrogens is 530 g/mol. The van der Waals surface area contributed by atoms with Gasteiger partial charge >= 0.3 is 0 Å². The Kier molecular flexibility index (Phi) is 8.95. The summed E-state index contributed by atoms with van der Waals surface area (Å²) in [6.45, 7) is 3.40. The van der Waals surface area contributed by atoms with Crippen molar-refractivity contribution < 1.29 is 14.3 Å². The molecule has 202 valence electrons. The van der Waals surface area contributed by atoms with Gasteiger partial charge in [-0.05, 0) is 55.9 Å². The molecule has 0 radical (unpaired) electrons. The standard InChI is InChI=1S/C29H31N5O3S2/c1-2-34-24(18-37-21-13-7-4-8-14-21)32-33-29(34)38-19-25(35)31-28-26(22-15-9-10-16-23(22)39-28)27(36)30-17-20-11-5-3-6-12-20/h3-8,11-14H,2,9-10,15-19H2,1H3,(H,30,36)(H,31,35). The van der Waals surface area contributed by atoms with Gasteiger partial charge in [-0.2, -0.15) is 0 Å². The molecule has 5 rings (SSSR count). The van der Waals surface area contributed by atoms with Crippen molar-refractivity contribution in [3.8, 4) is 5.75 Å². The van der Waals surface area contributed by atoms with Crippen LogP contribution in [0.5, 0.6) is 5.75 Å². The molecule has 0 saturated heterocycles. The van der Waals surface area contributed by atoms with E-state index in [9.17, 15) is 9.59 Å². The number of amides is 2. The fourth-order valence-corrected chi connectivity index (χ4v) is 6.69. The van der Waals surface area contributed by atoms with E-state index in [-0.39, 0.29) is 17.6 Å². The molecule has 4 aromatic rings. The van der Waals surface area contributed by atoms with Crippen molar-refractivity contribution >= 4 is 39.9 Å². The van der Waals surface area contributed by atoms with E-state index in [2.05, 4.69) is 20.8 Å². The number of carbonyl (C=O) groups is 2. The maximum atomic E-state index is 13.3. The Morgan fingerprint density at radius 3 is 2.54 bits per heavy atom. The lowest BCUT2D eigenvalue weighted by atomic mass is 9.95. The second kappa shape index (κ2) is 12.9. The quantitative estimate of drug-likeness (QED) is 0.236. The first kappa shape index (κ1) is 27.0. The molecule has 2 aromatic heterocycles. The van der Waals surface area contributed by atoms with E-state index in [1.807, 2.05) is 72.2 Å². The molecule has 2 N–H and O–H groups in total. The van der Waals surface area contributed by atoms with Crippen molar-refractivity contribution in [1.82, 2.24) is 20.1 Å². The summed E-state index contributed by atoms with van der Waals surface area (Å²) in [5.41, 5.74) is 2.72. The van der Waals surface area contributed by atoms with Crippen LogP contribution in [0.2, 0.25) is 0 Å². The molecule has 2 aromatic carbocycles. The molecule has 0 bridgehead atoms. The van der Waals surface area contributed by atoms with Crippen LogP contribution in [0.1, 0.15) is 52.0 Å². The number of thioether (sulfide) groups is 1. The normalized spacial score (nSPS) is 12.5. The molecule has 0 unspecified atom stereocenters. The van der Waals surface area contributed by atoms with Crippen LogP contribution in [0.4, 0.5) is 5.00 Å². The van der Waals surface area contributed by atoms with Crippen LogP contribution < -0.4 is 15.4 Å². The number of ether oxygens (including phenoxy) is 1. The second-order valence-electron chi connectivity index (χ2n) is 9.16. The van der Waals surface area contributed by atoms with Gasteiger partial charge in [0.15, 0.2) is 11.0 Å². The maximum absolute atomic E-state index is 13.3. The Morgan fingerprint density at radius 1 is 1.03 bits per heavy atom. The number of rotatable bonds is 11. The summed E-state index contributed by atoms with van der Waals surface area (Å²) in [6, 6.07) is 19.4. The zero-order valence-corrected chi connectivity index (χ0v) is 23.4. The third-order valence-corrected chi connectivity index (χ3v) is 8.67. The van der Waals surface area contributed by atoms with Gasteiger partial charge in [0.2, 0.25) is 5.91 Å². The number of nitrogens with zero attached hydrogens (tertiary/aromatic N) is 3. The minimum absolute atomic E-state index is 0.144. The number of anilines is 1. The summed E-state index contributed by atoms with van der Waals surface area (Å²) >= 11 is 2.85. The highest BCUT2D eigenvalue weighted by Crippen LogP contribution is 2.38. The van der Waals surface area contributed by atoms with E-state index < -0.39 is 0 Å². The van der Waals surface area contributed by atoms with Gasteiger partial charge < -0.3 is 19.9 Å². The number of benzene rings is 2. The van der Waals surface area contributed by atoms with Crippen molar-refractivity contribution in [1.29, 1.82) is 0 Å².